The Bertz CT molecular complexity index is 3630. The van der Waals surface area contributed by atoms with Crippen molar-refractivity contribution in [3.8, 4) is 22.3 Å². The first-order valence-corrected chi connectivity index (χ1v) is 24.1. The molecule has 67 heavy (non-hydrogen) atoms. The summed E-state index contributed by atoms with van der Waals surface area (Å²) < 4.78 is 2.54. The zero-order chi connectivity index (χ0) is 45.0. The predicted molar refractivity (Wildman–Crippen MR) is 283 cm³/mol. The zero-order valence-electron chi connectivity index (χ0n) is 38.6. The molecule has 1 unspecified atom stereocenters. The lowest BCUT2D eigenvalue weighted by Crippen LogP contribution is -2.27. The highest BCUT2D eigenvalue weighted by atomic mass is 15.2. The van der Waals surface area contributed by atoms with Crippen LogP contribution >= 0.6 is 0 Å². The van der Waals surface area contributed by atoms with Crippen LogP contribution in [0, 0.1) is 26.7 Å². The van der Waals surface area contributed by atoms with Gasteiger partial charge in [0, 0.05) is 33.3 Å². The van der Waals surface area contributed by atoms with Crippen LogP contribution in [0.5, 0.6) is 0 Å². The van der Waals surface area contributed by atoms with E-state index in [1.165, 1.54) is 122 Å². The van der Waals surface area contributed by atoms with Crippen molar-refractivity contribution in [2.45, 2.75) is 52.4 Å². The van der Waals surface area contributed by atoms with E-state index in [-0.39, 0.29) is 0 Å². The fraction of sp³-hybridized carbons (Fsp3) is 0.138. The highest BCUT2D eigenvalue weighted by Gasteiger charge is 2.53. The maximum Gasteiger partial charge on any atom is 0.0722 e. The molecule has 2 nitrogen and oxygen atoms in total. The largest absolute Gasteiger partial charge is 0.309 e. The van der Waals surface area contributed by atoms with Crippen LogP contribution in [0.3, 0.4) is 0 Å². The van der Waals surface area contributed by atoms with Gasteiger partial charge in [0.15, 0.2) is 0 Å². The Hall–Kier alpha value is -7.68. The van der Waals surface area contributed by atoms with Gasteiger partial charge < -0.3 is 9.47 Å². The average Bonchev–Trinajstić information content (AvgIpc) is 3.97. The molecule has 0 aliphatic heterocycles. The lowest BCUT2D eigenvalue weighted by Gasteiger charge is -2.33. The molecule has 0 saturated heterocycles. The van der Waals surface area contributed by atoms with Crippen LogP contribution in [-0.2, 0) is 5.41 Å². The van der Waals surface area contributed by atoms with Crippen LogP contribution in [0.25, 0.3) is 60.9 Å². The van der Waals surface area contributed by atoms with Crippen molar-refractivity contribution >= 4 is 55.7 Å². The molecule has 9 aromatic rings. The SMILES string of the molecule is Cc1ccccc1C1=CC(n2c3ccccc3c3ccc(N(c4cccc5c4C4=C(C=CCC4)C54c5ccccc5-c5ccccc54)c4cccc(C)c4-c4ccccc4C)cc32)=CCC1C. The Morgan fingerprint density at radius 2 is 1.13 bits per heavy atom. The molecule has 4 aliphatic rings. The van der Waals surface area contributed by atoms with Crippen molar-refractivity contribution in [2.24, 2.45) is 5.92 Å². The number of rotatable bonds is 6. The van der Waals surface area contributed by atoms with Crippen LogP contribution in [0.15, 0.2) is 206 Å². The summed E-state index contributed by atoms with van der Waals surface area (Å²) in [5.74, 6) is 0.418. The number of fused-ring (bicyclic) bond motifs is 12. The second kappa shape index (κ2) is 15.2. The average molecular weight is 861 g/mol. The third kappa shape index (κ3) is 5.69. The second-order valence-corrected chi connectivity index (χ2v) is 19.2. The summed E-state index contributed by atoms with van der Waals surface area (Å²) in [6.45, 7) is 9.15. The number of aryl methyl sites for hydroxylation is 3. The summed E-state index contributed by atoms with van der Waals surface area (Å²) in [7, 11) is 0. The first-order valence-electron chi connectivity index (χ1n) is 24.1. The van der Waals surface area contributed by atoms with Gasteiger partial charge in [0.05, 0.1) is 27.8 Å². The number of hydrogen-bond donors (Lipinski definition) is 0. The van der Waals surface area contributed by atoms with Crippen LogP contribution in [0.4, 0.5) is 17.1 Å². The molecule has 0 N–H and O–H groups in total. The molecule has 0 fully saturated rings. The molecular weight excluding hydrogens is 809 g/mol. The standard InChI is InChI=1S/C65H52N2/c1-41-19-5-7-22-47(41)54-39-45(36-35-43(54)3)66-59-32-16-12-26-51(59)52-38-37-46(40-62(52)66)67(60-33-17-21-44(4)63(60)48-23-8-6-20-42(48)2)61-34-18-31-58-64(61)53-27-11-15-30-57(53)65(58)55-28-13-9-24-49(55)50-25-10-14-29-56(50)65/h5-10,12-26,28-34,36-40,43H,11,27,35H2,1-4H3. The number of hydrogen-bond acceptors (Lipinski definition) is 1. The summed E-state index contributed by atoms with van der Waals surface area (Å²) in [6, 6.07) is 66.4. The zero-order valence-corrected chi connectivity index (χ0v) is 38.6. The molecule has 1 aromatic heterocycles. The van der Waals surface area contributed by atoms with Gasteiger partial charge in [0.2, 0.25) is 0 Å². The molecule has 1 spiro atoms. The molecule has 8 aromatic carbocycles. The minimum Gasteiger partial charge on any atom is -0.309 e. The molecular formula is C65H52N2. The summed E-state index contributed by atoms with van der Waals surface area (Å²) in [4.78, 5) is 2.62. The molecule has 13 rings (SSSR count). The Labute approximate surface area is 394 Å². The third-order valence-corrected chi connectivity index (χ3v) is 15.6. The molecule has 0 saturated carbocycles. The van der Waals surface area contributed by atoms with Gasteiger partial charge >= 0.3 is 0 Å². The van der Waals surface area contributed by atoms with Gasteiger partial charge in [-0.2, -0.15) is 0 Å². The number of aromatic nitrogens is 1. The van der Waals surface area contributed by atoms with Crippen LogP contribution < -0.4 is 4.90 Å². The highest BCUT2D eigenvalue weighted by molar-refractivity contribution is 6.12. The molecule has 322 valence electrons. The Kier molecular flexibility index (Phi) is 8.99. The van der Waals surface area contributed by atoms with Gasteiger partial charge in [-0.15, -0.1) is 0 Å². The Morgan fingerprint density at radius 3 is 1.88 bits per heavy atom. The van der Waals surface area contributed by atoms with Gasteiger partial charge in [-0.25, -0.2) is 0 Å². The predicted octanol–water partition coefficient (Wildman–Crippen LogP) is 17.3. The van der Waals surface area contributed by atoms with Crippen molar-refractivity contribution < 1.29 is 0 Å². The lowest BCUT2D eigenvalue weighted by atomic mass is 9.69. The van der Waals surface area contributed by atoms with Gasteiger partial charge in [-0.3, -0.25) is 0 Å². The summed E-state index contributed by atoms with van der Waals surface area (Å²) >= 11 is 0. The van der Waals surface area contributed by atoms with Crippen molar-refractivity contribution in [2.75, 3.05) is 4.90 Å². The summed E-state index contributed by atoms with van der Waals surface area (Å²) in [5, 5.41) is 2.52. The normalized spacial score (nSPS) is 16.5. The van der Waals surface area contributed by atoms with E-state index in [0.29, 0.717) is 5.92 Å². The van der Waals surface area contributed by atoms with E-state index in [2.05, 4.69) is 237 Å². The van der Waals surface area contributed by atoms with Crippen molar-refractivity contribution in [3.05, 3.63) is 250 Å². The van der Waals surface area contributed by atoms with E-state index in [4.69, 9.17) is 0 Å². The highest BCUT2D eigenvalue weighted by Crippen LogP contribution is 2.65. The Balaban J connectivity index is 1.11. The number of anilines is 3. The van der Waals surface area contributed by atoms with Gasteiger partial charge in [0.25, 0.3) is 0 Å². The lowest BCUT2D eigenvalue weighted by molar-refractivity contribution is 0.756. The summed E-state index contributed by atoms with van der Waals surface area (Å²) in [5.41, 5.74) is 26.9. The molecule has 2 heteroatoms. The van der Waals surface area contributed by atoms with E-state index in [1.54, 1.807) is 0 Å². The topological polar surface area (TPSA) is 8.17 Å². The minimum atomic E-state index is -0.413. The fourth-order valence-electron chi connectivity index (χ4n) is 12.6. The van der Waals surface area contributed by atoms with E-state index >= 15 is 0 Å². The van der Waals surface area contributed by atoms with Gasteiger partial charge in [-0.05, 0) is 155 Å². The van der Waals surface area contributed by atoms with Crippen molar-refractivity contribution in [1.82, 2.24) is 4.57 Å². The molecule has 4 aliphatic carbocycles. The number of para-hydroxylation sites is 1. The van der Waals surface area contributed by atoms with E-state index in [9.17, 15) is 0 Å². The second-order valence-electron chi connectivity index (χ2n) is 19.2. The quantitative estimate of drug-likeness (QED) is 0.162. The monoisotopic (exact) mass is 860 g/mol. The first kappa shape index (κ1) is 39.7. The number of allylic oxidation sites excluding steroid dienone is 8. The molecule has 0 radical (unpaired) electrons. The molecule has 1 atom stereocenters. The molecule has 0 bridgehead atoms. The molecule has 0 amide bonds. The molecule has 1 heterocycles. The maximum atomic E-state index is 2.62. The number of nitrogens with zero attached hydrogens (tertiary/aromatic N) is 2. The third-order valence-electron chi connectivity index (χ3n) is 15.6. The van der Waals surface area contributed by atoms with Gasteiger partial charge in [-0.1, -0.05) is 171 Å². The van der Waals surface area contributed by atoms with E-state index in [1.807, 2.05) is 0 Å². The number of benzene rings is 8. The van der Waals surface area contributed by atoms with Crippen LogP contribution in [-0.4, -0.2) is 4.57 Å². The summed E-state index contributed by atoms with van der Waals surface area (Å²) in [6.07, 6.45) is 12.8. The maximum absolute atomic E-state index is 2.62. The van der Waals surface area contributed by atoms with Crippen LogP contribution in [0.1, 0.15) is 70.7 Å². The first-order chi connectivity index (χ1) is 32.9. The smallest absolute Gasteiger partial charge is 0.0722 e. The Morgan fingerprint density at radius 1 is 0.537 bits per heavy atom. The van der Waals surface area contributed by atoms with Gasteiger partial charge in [0.1, 0.15) is 0 Å². The van der Waals surface area contributed by atoms with Crippen LogP contribution in [0.2, 0.25) is 0 Å². The fourth-order valence-corrected chi connectivity index (χ4v) is 12.6. The minimum absolute atomic E-state index is 0.413. The van der Waals surface area contributed by atoms with Crippen molar-refractivity contribution in [3.63, 3.8) is 0 Å². The van der Waals surface area contributed by atoms with Crippen molar-refractivity contribution in [1.29, 1.82) is 0 Å². The van der Waals surface area contributed by atoms with E-state index < -0.39 is 5.41 Å². The van der Waals surface area contributed by atoms with E-state index in [0.717, 1.165) is 24.9 Å².